The van der Waals surface area contributed by atoms with E-state index in [9.17, 15) is 4.79 Å². The second-order valence-corrected chi connectivity index (χ2v) is 6.11. The fourth-order valence-electron chi connectivity index (χ4n) is 2.38. The van der Waals surface area contributed by atoms with E-state index in [1.54, 1.807) is 29.4 Å². The van der Waals surface area contributed by atoms with Gasteiger partial charge in [0.05, 0.1) is 13.7 Å². The van der Waals surface area contributed by atoms with Gasteiger partial charge in [-0.15, -0.1) is 11.3 Å². The molecule has 0 bridgehead atoms. The van der Waals surface area contributed by atoms with Crippen LogP contribution in [0, 0.1) is 0 Å². The highest BCUT2D eigenvalue weighted by atomic mass is 32.1. The predicted octanol–water partition coefficient (Wildman–Crippen LogP) is 3.39. The number of hydrogen-bond acceptors (Lipinski definition) is 5. The Hall–Kier alpha value is -2.73. The van der Waals surface area contributed by atoms with Crippen LogP contribution < -0.4 is 4.74 Å². The molecule has 0 N–H and O–H groups in total. The second-order valence-electron chi connectivity index (χ2n) is 5.13. The quantitative estimate of drug-likeness (QED) is 0.691. The molecule has 3 rings (SSSR count). The first kappa shape index (κ1) is 16.1. The van der Waals surface area contributed by atoms with Gasteiger partial charge in [0.1, 0.15) is 10.6 Å². The van der Waals surface area contributed by atoms with Crippen LogP contribution in [0.25, 0.3) is 0 Å². The summed E-state index contributed by atoms with van der Waals surface area (Å²) in [6, 6.07) is 13.4. The maximum absolute atomic E-state index is 13.0. The van der Waals surface area contributed by atoms with Crippen LogP contribution >= 0.6 is 11.3 Å². The van der Waals surface area contributed by atoms with Crippen molar-refractivity contribution in [2.24, 2.45) is 0 Å². The summed E-state index contributed by atoms with van der Waals surface area (Å²) in [6.45, 7) is 0.945. The first-order valence-electron chi connectivity index (χ1n) is 7.48. The van der Waals surface area contributed by atoms with E-state index in [0.717, 1.165) is 10.6 Å². The van der Waals surface area contributed by atoms with Crippen LogP contribution in [0.2, 0.25) is 0 Å². The van der Waals surface area contributed by atoms with E-state index in [4.69, 9.17) is 4.74 Å². The summed E-state index contributed by atoms with van der Waals surface area (Å²) in [5.41, 5.74) is 1.51. The molecule has 0 saturated carbocycles. The van der Waals surface area contributed by atoms with E-state index in [1.165, 1.54) is 18.4 Å². The summed E-state index contributed by atoms with van der Waals surface area (Å²) in [5.74, 6) is 0.207. The number of carbonyl (C=O) groups is 1. The van der Waals surface area contributed by atoms with Crippen LogP contribution in [0.4, 0.5) is 0 Å². The third-order valence-corrected chi connectivity index (χ3v) is 4.27. The number of aromatic nitrogens is 2. The molecule has 0 atom stereocenters. The molecule has 6 heteroatoms. The standard InChI is InChI=1S/C18H17N3O2S/c1-23-17-15(8-5-9-20-17)18(22)21(13-16-19-10-11-24-16)12-14-6-3-2-4-7-14/h2-11H,12-13H2,1H3. The third kappa shape index (κ3) is 3.78. The first-order valence-corrected chi connectivity index (χ1v) is 8.36. The van der Waals surface area contributed by atoms with Gasteiger partial charge in [0.25, 0.3) is 5.91 Å². The van der Waals surface area contributed by atoms with E-state index in [1.807, 2.05) is 35.7 Å². The molecule has 24 heavy (non-hydrogen) atoms. The topological polar surface area (TPSA) is 55.3 Å². The van der Waals surface area contributed by atoms with Crippen molar-refractivity contribution in [2.75, 3.05) is 7.11 Å². The molecule has 2 aromatic heterocycles. The number of hydrogen-bond donors (Lipinski definition) is 0. The van der Waals surface area contributed by atoms with Crippen molar-refractivity contribution < 1.29 is 9.53 Å². The average molecular weight is 339 g/mol. The van der Waals surface area contributed by atoms with Gasteiger partial charge >= 0.3 is 0 Å². The van der Waals surface area contributed by atoms with Crippen LogP contribution in [0.3, 0.4) is 0 Å². The largest absolute Gasteiger partial charge is 0.480 e. The highest BCUT2D eigenvalue weighted by molar-refractivity contribution is 7.09. The number of methoxy groups -OCH3 is 1. The van der Waals surface area contributed by atoms with Gasteiger partial charge in [-0.2, -0.15) is 0 Å². The Kier molecular flexibility index (Phi) is 5.18. The average Bonchev–Trinajstić information content (AvgIpc) is 3.14. The minimum atomic E-state index is -0.126. The van der Waals surface area contributed by atoms with Gasteiger partial charge in [-0.3, -0.25) is 4.79 Å². The summed E-state index contributed by atoms with van der Waals surface area (Å²) in [6.07, 6.45) is 3.35. The summed E-state index contributed by atoms with van der Waals surface area (Å²) in [4.78, 5) is 23.2. The number of rotatable bonds is 6. The van der Waals surface area contributed by atoms with E-state index >= 15 is 0 Å². The second kappa shape index (κ2) is 7.70. The molecule has 5 nitrogen and oxygen atoms in total. The van der Waals surface area contributed by atoms with Crippen LogP contribution in [0.5, 0.6) is 5.88 Å². The first-order chi connectivity index (χ1) is 11.8. The number of thiazole rings is 1. The number of pyridine rings is 1. The summed E-state index contributed by atoms with van der Waals surface area (Å²) in [5, 5.41) is 2.80. The van der Waals surface area contributed by atoms with Gasteiger partial charge in [-0.05, 0) is 17.7 Å². The Morgan fingerprint density at radius 2 is 1.92 bits per heavy atom. The number of carbonyl (C=O) groups excluding carboxylic acids is 1. The zero-order valence-electron chi connectivity index (χ0n) is 13.3. The molecule has 122 valence electrons. The van der Waals surface area contributed by atoms with E-state index in [-0.39, 0.29) is 5.91 Å². The lowest BCUT2D eigenvalue weighted by molar-refractivity contribution is 0.0725. The number of nitrogens with zero attached hydrogens (tertiary/aromatic N) is 3. The molecule has 1 aromatic carbocycles. The predicted molar refractivity (Wildman–Crippen MR) is 92.9 cm³/mol. The summed E-state index contributed by atoms with van der Waals surface area (Å²) >= 11 is 1.53. The van der Waals surface area contributed by atoms with E-state index in [0.29, 0.717) is 24.5 Å². The Morgan fingerprint density at radius 3 is 2.62 bits per heavy atom. The van der Waals surface area contributed by atoms with Crippen LogP contribution in [0.1, 0.15) is 20.9 Å². The van der Waals surface area contributed by atoms with Crippen molar-refractivity contribution in [3.8, 4) is 5.88 Å². The van der Waals surface area contributed by atoms with Crippen molar-refractivity contribution in [3.05, 3.63) is 76.4 Å². The van der Waals surface area contributed by atoms with Gasteiger partial charge < -0.3 is 9.64 Å². The zero-order valence-corrected chi connectivity index (χ0v) is 14.1. The Balaban J connectivity index is 1.89. The summed E-state index contributed by atoms with van der Waals surface area (Å²) in [7, 11) is 1.52. The van der Waals surface area contributed by atoms with Crippen molar-refractivity contribution in [1.82, 2.24) is 14.9 Å². The molecule has 0 aliphatic rings. The normalized spacial score (nSPS) is 10.4. The Bertz CT molecular complexity index is 791. The summed E-state index contributed by atoms with van der Waals surface area (Å²) < 4.78 is 5.23. The van der Waals surface area contributed by atoms with Gasteiger partial charge in [0.2, 0.25) is 5.88 Å². The molecule has 0 radical (unpaired) electrons. The van der Waals surface area contributed by atoms with Crippen molar-refractivity contribution in [1.29, 1.82) is 0 Å². The lowest BCUT2D eigenvalue weighted by Crippen LogP contribution is -2.30. The molecule has 0 unspecified atom stereocenters. The van der Waals surface area contributed by atoms with Crippen molar-refractivity contribution in [3.63, 3.8) is 0 Å². The Morgan fingerprint density at radius 1 is 1.08 bits per heavy atom. The van der Waals surface area contributed by atoms with Gasteiger partial charge in [0.15, 0.2) is 0 Å². The zero-order chi connectivity index (χ0) is 16.8. The highest BCUT2D eigenvalue weighted by Crippen LogP contribution is 2.20. The highest BCUT2D eigenvalue weighted by Gasteiger charge is 2.21. The van der Waals surface area contributed by atoms with Gasteiger partial charge in [-0.1, -0.05) is 30.3 Å². The third-order valence-electron chi connectivity index (χ3n) is 3.51. The van der Waals surface area contributed by atoms with Crippen LogP contribution in [0.15, 0.2) is 60.2 Å². The lowest BCUT2D eigenvalue weighted by Gasteiger charge is -2.22. The minimum absolute atomic E-state index is 0.126. The lowest BCUT2D eigenvalue weighted by atomic mass is 10.2. The van der Waals surface area contributed by atoms with E-state index in [2.05, 4.69) is 9.97 Å². The maximum Gasteiger partial charge on any atom is 0.260 e. The monoisotopic (exact) mass is 339 g/mol. The minimum Gasteiger partial charge on any atom is -0.480 e. The number of ether oxygens (including phenoxy) is 1. The van der Waals surface area contributed by atoms with Crippen molar-refractivity contribution >= 4 is 17.2 Å². The molecule has 0 aliphatic heterocycles. The SMILES string of the molecule is COc1ncccc1C(=O)N(Cc1ccccc1)Cc1nccs1. The molecule has 0 fully saturated rings. The number of amides is 1. The van der Waals surface area contributed by atoms with Gasteiger partial charge in [-0.25, -0.2) is 9.97 Å². The van der Waals surface area contributed by atoms with Gasteiger partial charge in [0, 0.05) is 24.3 Å². The molecular weight excluding hydrogens is 322 g/mol. The fourth-order valence-corrected chi connectivity index (χ4v) is 3.02. The molecule has 2 heterocycles. The molecule has 3 aromatic rings. The van der Waals surface area contributed by atoms with E-state index < -0.39 is 0 Å². The molecule has 0 saturated heterocycles. The molecule has 0 aliphatic carbocycles. The molecule has 1 amide bonds. The van der Waals surface area contributed by atoms with Crippen LogP contribution in [-0.4, -0.2) is 27.9 Å². The number of benzene rings is 1. The maximum atomic E-state index is 13.0. The smallest absolute Gasteiger partial charge is 0.260 e. The Labute approximate surface area is 144 Å². The fraction of sp³-hybridized carbons (Fsp3) is 0.167. The molecule has 0 spiro atoms. The molecular formula is C18H17N3O2S. The van der Waals surface area contributed by atoms with Crippen molar-refractivity contribution in [2.45, 2.75) is 13.1 Å². The van der Waals surface area contributed by atoms with Crippen LogP contribution in [-0.2, 0) is 13.1 Å².